The predicted molar refractivity (Wildman–Crippen MR) is 278 cm³/mol. The Bertz CT molecular complexity index is 969. The van der Waals surface area contributed by atoms with Gasteiger partial charge in [-0.25, -0.2) is 0 Å². The van der Waals surface area contributed by atoms with Crippen LogP contribution in [0.4, 0.5) is 0 Å². The summed E-state index contributed by atoms with van der Waals surface area (Å²) in [5.74, 6) is 5.57. The molecule has 4 fully saturated rings. The smallest absolute Gasteiger partial charge is 0.00431 e. The molecule has 45 heavy (non-hydrogen) atoms. The lowest BCUT2D eigenvalue weighted by atomic mass is 9.50. The van der Waals surface area contributed by atoms with Gasteiger partial charge in [-0.1, -0.05) is 73.8 Å². The first-order valence-corrected chi connectivity index (χ1v) is 48.9. The van der Waals surface area contributed by atoms with Gasteiger partial charge in [0.05, 0.1) is 0 Å². The highest BCUT2D eigenvalue weighted by molar-refractivity contribution is 8.87. The molecule has 0 amide bonds. The molecule has 0 radical (unpaired) electrons. The summed E-state index contributed by atoms with van der Waals surface area (Å²) in [5.41, 5.74) is 3.12. The number of fused-ring (bicyclic) bond motifs is 5. The maximum Gasteiger partial charge on any atom is 0.00431 e. The predicted octanol–water partition coefficient (Wildman–Crippen LogP) is 16.2. The van der Waals surface area contributed by atoms with Crippen LogP contribution in [0.25, 0.3) is 0 Å². The van der Waals surface area contributed by atoms with E-state index >= 15 is 0 Å². The lowest BCUT2D eigenvalue weighted by Gasteiger charge is -2.69. The van der Waals surface area contributed by atoms with Crippen molar-refractivity contribution in [3.8, 4) is 0 Å². The fraction of sp³-hybridized carbons (Fsp3) is 1.00. The molecular formula is C25H64P20. The van der Waals surface area contributed by atoms with E-state index in [1.165, 1.54) is 57.8 Å². The van der Waals surface area contributed by atoms with Gasteiger partial charge in [0.25, 0.3) is 0 Å². The lowest BCUT2D eigenvalue weighted by Crippen LogP contribution is -2.65. The van der Waals surface area contributed by atoms with Crippen molar-refractivity contribution in [1.82, 2.24) is 0 Å². The summed E-state index contributed by atoms with van der Waals surface area (Å²) in [5, 5.41) is 1.13. The van der Waals surface area contributed by atoms with Crippen LogP contribution in [0.3, 0.4) is 0 Å². The zero-order valence-corrected chi connectivity index (χ0v) is 48.7. The van der Waals surface area contributed by atoms with Gasteiger partial charge in [-0.15, -0.1) is 98.2 Å². The first kappa shape index (κ1) is 46.3. The third-order valence-corrected chi connectivity index (χ3v) is 71.8. The van der Waals surface area contributed by atoms with Gasteiger partial charge in [0.2, 0.25) is 0 Å². The SMILES string of the molecule is CC1CCC2(PP)C3CCC4(P(P)PP)C(CCC4C(C)(C)CCC(C)P(P)P(P)P)C3C(P(PP)P(P)P)C(P(P)P)C2C1. The monoisotopic (exact) mass is 984 g/mol. The Morgan fingerprint density at radius 3 is 2.00 bits per heavy atom. The zero-order chi connectivity index (χ0) is 33.6. The van der Waals surface area contributed by atoms with Gasteiger partial charge < -0.3 is 0 Å². The van der Waals surface area contributed by atoms with E-state index in [1.807, 2.05) is 0 Å². The Hall–Kier alpha value is 8.60. The highest BCUT2D eigenvalue weighted by Crippen LogP contribution is 2.95. The first-order valence-electron chi connectivity index (χ1n) is 16.2. The maximum atomic E-state index is 3.60. The van der Waals surface area contributed by atoms with Crippen LogP contribution >= 0.6 is 166 Å². The molecule has 0 nitrogen and oxygen atoms in total. The van der Waals surface area contributed by atoms with Crippen LogP contribution in [-0.4, -0.2) is 27.3 Å². The van der Waals surface area contributed by atoms with Gasteiger partial charge in [-0.3, -0.25) is 0 Å². The van der Waals surface area contributed by atoms with Crippen LogP contribution in [0.2, 0.25) is 0 Å². The second-order valence-electron chi connectivity index (χ2n) is 15.0. The molecule has 264 valence electrons. The van der Waals surface area contributed by atoms with Crippen molar-refractivity contribution in [2.75, 3.05) is 0 Å². The highest BCUT2D eigenvalue weighted by Gasteiger charge is 2.70. The molecule has 4 rings (SSSR count). The average molecular weight is 984 g/mol. The largest absolute Gasteiger partial charge is 0.114 e. The normalized spacial score (nSPS) is 42.3. The molecule has 0 bridgehead atoms. The Morgan fingerprint density at radius 2 is 1.47 bits per heavy atom. The minimum atomic E-state index is -0.138. The third kappa shape index (κ3) is 9.57. The second kappa shape index (κ2) is 20.0. The molecule has 0 heterocycles. The van der Waals surface area contributed by atoms with E-state index in [9.17, 15) is 0 Å². The molecule has 4 saturated carbocycles. The summed E-state index contributed by atoms with van der Waals surface area (Å²) in [6.07, 6.45) is 13.4. The number of hydrogen-bond acceptors (Lipinski definition) is 0. The molecule has 0 N–H and O–H groups in total. The average Bonchev–Trinajstić information content (AvgIpc) is 3.40. The zero-order valence-electron chi connectivity index (χ0n) is 27.6. The minimum Gasteiger partial charge on any atom is -0.114 e. The summed E-state index contributed by atoms with van der Waals surface area (Å²) in [7, 11) is 39.8. The Labute approximate surface area is 316 Å². The standard InChI is InChI=1S/C25H64P20/c1-14-7-11-24(37-26)16-9-12-25(43(32)39-28)17(5-6-19(25)23(3,4)10-8-15(2)41(31)44(33)34)20(16)22(42(38-27)45(35)36)21(40(29)30)18(24)13-14/h14-22,37-39H,5-13,26-36H2,1-4H3. The molecule has 4 aliphatic rings. The molecule has 0 saturated heterocycles. The molecule has 0 spiro atoms. The van der Waals surface area contributed by atoms with Crippen molar-refractivity contribution < 1.29 is 0 Å². The Kier molecular flexibility index (Phi) is 20.6. The van der Waals surface area contributed by atoms with Gasteiger partial charge in [-0.05, 0) is 142 Å². The molecule has 28 atom stereocenters. The highest BCUT2D eigenvalue weighted by atomic mass is 32.9. The van der Waals surface area contributed by atoms with E-state index < -0.39 is 0 Å². The van der Waals surface area contributed by atoms with E-state index in [1.54, 1.807) is 0 Å². The first-order chi connectivity index (χ1) is 21.0. The van der Waals surface area contributed by atoms with Crippen molar-refractivity contribution >= 4 is 166 Å². The van der Waals surface area contributed by atoms with Gasteiger partial charge in [-0.2, -0.15) is 0 Å². The minimum absolute atomic E-state index is 0.00341. The van der Waals surface area contributed by atoms with Crippen LogP contribution in [0.15, 0.2) is 0 Å². The van der Waals surface area contributed by atoms with Crippen LogP contribution in [-0.2, 0) is 0 Å². The van der Waals surface area contributed by atoms with Gasteiger partial charge in [0, 0.05) is 5.16 Å². The van der Waals surface area contributed by atoms with E-state index in [-0.39, 0.29) is 43.2 Å². The van der Waals surface area contributed by atoms with E-state index in [0.29, 0.717) is 15.7 Å². The van der Waals surface area contributed by atoms with E-state index in [2.05, 4.69) is 126 Å². The molecule has 0 aliphatic heterocycles. The summed E-state index contributed by atoms with van der Waals surface area (Å²) in [4.78, 5) is 0. The number of rotatable bonds is 13. The lowest BCUT2D eigenvalue weighted by molar-refractivity contribution is -0.00702. The molecular weight excluding hydrogens is 920 g/mol. The molecule has 0 aromatic heterocycles. The van der Waals surface area contributed by atoms with Crippen molar-refractivity contribution in [3.63, 3.8) is 0 Å². The summed E-state index contributed by atoms with van der Waals surface area (Å²) < 4.78 is 0. The van der Waals surface area contributed by atoms with Crippen LogP contribution < -0.4 is 0 Å². The van der Waals surface area contributed by atoms with Crippen LogP contribution in [0.5, 0.6) is 0 Å². The Morgan fingerprint density at radius 1 is 0.800 bits per heavy atom. The quantitative estimate of drug-likeness (QED) is 0.161. The second-order valence-corrected chi connectivity index (χ2v) is 67.7. The molecule has 4 aliphatic carbocycles. The third-order valence-electron chi connectivity index (χ3n) is 12.7. The van der Waals surface area contributed by atoms with Crippen molar-refractivity contribution in [2.45, 2.75) is 113 Å². The maximum absolute atomic E-state index is 3.60. The van der Waals surface area contributed by atoms with Crippen molar-refractivity contribution in [2.24, 2.45) is 40.9 Å². The van der Waals surface area contributed by atoms with Crippen LogP contribution in [0.1, 0.15) is 85.5 Å². The van der Waals surface area contributed by atoms with Crippen molar-refractivity contribution in [3.05, 3.63) is 0 Å². The number of hydrogen-bond donors (Lipinski definition) is 0. The molecule has 0 aromatic rings. The molecule has 0 aromatic carbocycles. The topological polar surface area (TPSA) is 0 Å². The Balaban J connectivity index is 1.83. The van der Waals surface area contributed by atoms with Gasteiger partial charge in [0.15, 0.2) is 0 Å². The fourth-order valence-corrected chi connectivity index (χ4v) is 60.5. The summed E-state index contributed by atoms with van der Waals surface area (Å²) in [6.45, 7) is 10.6. The van der Waals surface area contributed by atoms with E-state index in [4.69, 9.17) is 0 Å². The molecule has 20 heteroatoms. The van der Waals surface area contributed by atoms with E-state index in [0.717, 1.165) is 76.7 Å². The van der Waals surface area contributed by atoms with Gasteiger partial charge in [0.1, 0.15) is 0 Å². The summed E-state index contributed by atoms with van der Waals surface area (Å²) >= 11 is 0. The summed E-state index contributed by atoms with van der Waals surface area (Å²) in [6, 6.07) is 0. The van der Waals surface area contributed by atoms with Gasteiger partial charge >= 0.3 is 0 Å². The van der Waals surface area contributed by atoms with Crippen LogP contribution in [0, 0.1) is 40.9 Å². The van der Waals surface area contributed by atoms with Crippen molar-refractivity contribution in [1.29, 1.82) is 0 Å². The fourth-order valence-electron chi connectivity index (χ4n) is 10.8. The molecule has 28 unspecified atom stereocenters.